The summed E-state index contributed by atoms with van der Waals surface area (Å²) in [5.41, 5.74) is 5.14. The van der Waals surface area contributed by atoms with Crippen LogP contribution >= 0.6 is 35.3 Å². The molecule has 23 heavy (non-hydrogen) atoms. The molecule has 0 atom stereocenters. The zero-order valence-electron chi connectivity index (χ0n) is 13.0. The van der Waals surface area contributed by atoms with Gasteiger partial charge in [0.25, 0.3) is 5.91 Å². The summed E-state index contributed by atoms with van der Waals surface area (Å²) in [5.74, 6) is 0.851. The van der Waals surface area contributed by atoms with Crippen LogP contribution in [0.15, 0.2) is 27.7 Å². The second-order valence-electron chi connectivity index (χ2n) is 4.60. The number of aliphatic imine (C=N–C) groups is 1. The number of nitrogens with two attached hydrogens (primary N) is 1. The van der Waals surface area contributed by atoms with Crippen LogP contribution in [0.2, 0.25) is 0 Å². The highest BCUT2D eigenvalue weighted by atomic mass is 127. The van der Waals surface area contributed by atoms with Crippen LogP contribution in [0.5, 0.6) is 0 Å². The Hall–Kier alpha value is -1.62. The molecule has 126 valence electrons. The number of rotatable bonds is 6. The van der Waals surface area contributed by atoms with Crippen molar-refractivity contribution in [2.75, 3.05) is 13.6 Å². The van der Waals surface area contributed by atoms with Crippen LogP contribution in [0.25, 0.3) is 0 Å². The molecule has 0 aromatic carbocycles. The van der Waals surface area contributed by atoms with E-state index in [1.807, 2.05) is 13.1 Å². The summed E-state index contributed by atoms with van der Waals surface area (Å²) in [6, 6.07) is 3.26. The average molecular weight is 449 g/mol. The number of hydrogen-bond acceptors (Lipinski definition) is 5. The quantitative estimate of drug-likeness (QED) is 0.354. The number of guanidine groups is 1. The Bertz CT molecular complexity index is 668. The number of nitrogens with one attached hydrogen (secondary N) is 2. The van der Waals surface area contributed by atoms with Gasteiger partial charge in [-0.05, 0) is 19.1 Å². The van der Waals surface area contributed by atoms with Crippen LogP contribution in [0.3, 0.4) is 0 Å². The first kappa shape index (κ1) is 19.4. The van der Waals surface area contributed by atoms with Crippen LogP contribution in [0, 0.1) is 6.92 Å². The Morgan fingerprint density at radius 2 is 2.22 bits per heavy atom. The highest BCUT2D eigenvalue weighted by Gasteiger charge is 2.07. The van der Waals surface area contributed by atoms with Crippen molar-refractivity contribution in [2.45, 2.75) is 19.9 Å². The zero-order chi connectivity index (χ0) is 15.9. The van der Waals surface area contributed by atoms with E-state index < -0.39 is 5.91 Å². The predicted molar refractivity (Wildman–Crippen MR) is 101 cm³/mol. The summed E-state index contributed by atoms with van der Waals surface area (Å²) in [6.45, 7) is 3.19. The number of carbonyl (C=O) groups is 1. The largest absolute Gasteiger partial charge is 0.454 e. The lowest BCUT2D eigenvalue weighted by Crippen LogP contribution is -2.37. The summed E-state index contributed by atoms with van der Waals surface area (Å²) in [6.07, 6.45) is 2.71. The Morgan fingerprint density at radius 3 is 2.78 bits per heavy atom. The Morgan fingerprint density at radius 1 is 1.43 bits per heavy atom. The normalized spacial score (nSPS) is 11.0. The standard InChI is InChI=1S/C14H19N5O2S.HI/c1-9-7-18-12(22-9)5-6-17-14(16-2)19-8-10-3-4-11(21-10)13(15)20;/h3-4,7H,5-6,8H2,1-2H3,(H2,15,20)(H2,16,17,19);1H. The van der Waals surface area contributed by atoms with Crippen molar-refractivity contribution in [1.82, 2.24) is 15.6 Å². The number of nitrogens with zero attached hydrogens (tertiary/aromatic N) is 2. The molecule has 7 nitrogen and oxygen atoms in total. The summed E-state index contributed by atoms with van der Waals surface area (Å²) < 4.78 is 5.29. The molecule has 9 heteroatoms. The number of amides is 1. The number of carbonyl (C=O) groups excluding carboxylic acids is 1. The molecule has 0 fully saturated rings. The smallest absolute Gasteiger partial charge is 0.284 e. The maximum absolute atomic E-state index is 11.0. The molecule has 0 saturated carbocycles. The van der Waals surface area contributed by atoms with Crippen molar-refractivity contribution in [1.29, 1.82) is 0 Å². The predicted octanol–water partition coefficient (Wildman–Crippen LogP) is 1.67. The lowest BCUT2D eigenvalue weighted by Gasteiger charge is -2.10. The lowest BCUT2D eigenvalue weighted by atomic mass is 10.4. The van der Waals surface area contributed by atoms with E-state index in [1.54, 1.807) is 30.5 Å². The molecule has 0 bridgehead atoms. The number of halogens is 1. The molecule has 2 rings (SSSR count). The molecular formula is C14H20IN5O2S. The minimum Gasteiger partial charge on any atom is -0.454 e. The number of thiazole rings is 1. The third-order valence-electron chi connectivity index (χ3n) is 2.86. The summed E-state index contributed by atoms with van der Waals surface area (Å²) >= 11 is 1.69. The molecule has 0 aliphatic heterocycles. The number of primary amides is 1. The van der Waals surface area contributed by atoms with Crippen molar-refractivity contribution in [3.63, 3.8) is 0 Å². The van der Waals surface area contributed by atoms with Gasteiger partial charge in [-0.15, -0.1) is 35.3 Å². The molecule has 0 radical (unpaired) electrons. The molecular weight excluding hydrogens is 429 g/mol. The number of aryl methyl sites for hydroxylation is 1. The molecule has 0 aliphatic rings. The van der Waals surface area contributed by atoms with Crippen molar-refractivity contribution < 1.29 is 9.21 Å². The summed E-state index contributed by atoms with van der Waals surface area (Å²) in [4.78, 5) is 20.6. The van der Waals surface area contributed by atoms with Crippen molar-refractivity contribution in [2.24, 2.45) is 10.7 Å². The number of furan rings is 1. The lowest BCUT2D eigenvalue weighted by molar-refractivity contribution is 0.0972. The third-order valence-corrected chi connectivity index (χ3v) is 3.83. The molecule has 2 aromatic rings. The van der Waals surface area contributed by atoms with Gasteiger partial charge in [-0.2, -0.15) is 0 Å². The van der Waals surface area contributed by atoms with E-state index >= 15 is 0 Å². The van der Waals surface area contributed by atoms with E-state index in [4.69, 9.17) is 10.2 Å². The minimum absolute atomic E-state index is 0. The highest BCUT2D eigenvalue weighted by Crippen LogP contribution is 2.11. The fourth-order valence-corrected chi connectivity index (χ4v) is 2.59. The Labute approximate surface area is 155 Å². The summed E-state index contributed by atoms with van der Waals surface area (Å²) in [5, 5.41) is 7.40. The SMILES string of the molecule is CN=C(NCCc1ncc(C)s1)NCc1ccc(C(N)=O)o1.I. The molecule has 0 saturated heterocycles. The maximum Gasteiger partial charge on any atom is 0.284 e. The molecule has 1 amide bonds. The van der Waals surface area contributed by atoms with Crippen molar-refractivity contribution in [3.8, 4) is 0 Å². The number of aromatic nitrogens is 1. The van der Waals surface area contributed by atoms with Gasteiger partial charge in [0.05, 0.1) is 11.6 Å². The first-order chi connectivity index (χ1) is 10.6. The number of hydrogen-bond donors (Lipinski definition) is 3. The van der Waals surface area contributed by atoms with E-state index in [9.17, 15) is 4.79 Å². The monoisotopic (exact) mass is 449 g/mol. The van der Waals surface area contributed by atoms with Crippen molar-refractivity contribution in [3.05, 3.63) is 39.7 Å². The van der Waals surface area contributed by atoms with Gasteiger partial charge in [-0.1, -0.05) is 0 Å². The molecule has 0 aliphatic carbocycles. The van der Waals surface area contributed by atoms with Crippen molar-refractivity contribution >= 4 is 47.2 Å². The molecule has 0 spiro atoms. The van der Waals surface area contributed by atoms with Gasteiger partial charge in [-0.25, -0.2) is 4.98 Å². The van der Waals surface area contributed by atoms with Crippen LogP contribution in [0.1, 0.15) is 26.2 Å². The van der Waals surface area contributed by atoms with E-state index in [1.165, 1.54) is 4.88 Å². The molecule has 0 unspecified atom stereocenters. The second kappa shape index (κ2) is 9.50. The molecule has 2 aromatic heterocycles. The molecule has 2 heterocycles. The van der Waals surface area contributed by atoms with E-state index in [0.29, 0.717) is 18.3 Å². The Kier molecular flexibility index (Phi) is 8.03. The minimum atomic E-state index is -0.576. The van der Waals surface area contributed by atoms with E-state index in [0.717, 1.165) is 18.0 Å². The van der Waals surface area contributed by atoms with Gasteiger partial charge in [-0.3, -0.25) is 9.79 Å². The summed E-state index contributed by atoms with van der Waals surface area (Å²) in [7, 11) is 1.69. The fraction of sp³-hybridized carbons (Fsp3) is 0.357. The topological polar surface area (TPSA) is 106 Å². The van der Waals surface area contributed by atoms with Crippen LogP contribution < -0.4 is 16.4 Å². The molecule has 4 N–H and O–H groups in total. The zero-order valence-corrected chi connectivity index (χ0v) is 16.1. The van der Waals surface area contributed by atoms with Crippen LogP contribution in [-0.4, -0.2) is 30.4 Å². The van der Waals surface area contributed by atoms with Gasteiger partial charge in [0, 0.05) is 31.1 Å². The van der Waals surface area contributed by atoms with Gasteiger partial charge < -0.3 is 20.8 Å². The third kappa shape index (κ3) is 6.18. The average Bonchev–Trinajstić information content (AvgIpc) is 3.11. The van der Waals surface area contributed by atoms with E-state index in [-0.39, 0.29) is 29.7 Å². The van der Waals surface area contributed by atoms with Crippen LogP contribution in [-0.2, 0) is 13.0 Å². The van der Waals surface area contributed by atoms with Gasteiger partial charge in [0.1, 0.15) is 5.76 Å². The van der Waals surface area contributed by atoms with Gasteiger partial charge in [0.15, 0.2) is 11.7 Å². The Balaban J connectivity index is 0.00000264. The maximum atomic E-state index is 11.0. The first-order valence-corrected chi connectivity index (χ1v) is 7.64. The first-order valence-electron chi connectivity index (χ1n) is 6.83. The van der Waals surface area contributed by atoms with Gasteiger partial charge >= 0.3 is 0 Å². The fourth-order valence-electron chi connectivity index (χ4n) is 1.80. The second-order valence-corrected chi connectivity index (χ2v) is 5.92. The van der Waals surface area contributed by atoms with Gasteiger partial charge in [0.2, 0.25) is 0 Å². The van der Waals surface area contributed by atoms with Crippen LogP contribution in [0.4, 0.5) is 0 Å². The van der Waals surface area contributed by atoms with E-state index in [2.05, 4.69) is 20.6 Å². The highest BCUT2D eigenvalue weighted by molar-refractivity contribution is 14.0.